The molecule has 0 bridgehead atoms. The van der Waals surface area contributed by atoms with Crippen molar-refractivity contribution in [3.63, 3.8) is 0 Å². The lowest BCUT2D eigenvalue weighted by atomic mass is 10.1. The summed E-state index contributed by atoms with van der Waals surface area (Å²) in [5.74, 6) is -0.504. The van der Waals surface area contributed by atoms with Gasteiger partial charge in [-0.2, -0.15) is 0 Å². The first-order valence-electron chi connectivity index (χ1n) is 6.15. The Hall–Kier alpha value is -2.60. The molecule has 0 aliphatic carbocycles. The molecule has 106 valence electrons. The van der Waals surface area contributed by atoms with E-state index >= 15 is 0 Å². The number of aromatic nitrogens is 1. The van der Waals surface area contributed by atoms with Gasteiger partial charge in [-0.25, -0.2) is 0 Å². The van der Waals surface area contributed by atoms with Crippen molar-refractivity contribution < 1.29 is 9.59 Å². The Labute approximate surface area is 124 Å². The minimum atomic E-state index is -0.398. The molecule has 21 heavy (non-hydrogen) atoms. The fourth-order valence-electron chi connectivity index (χ4n) is 2.09. The number of rotatable bonds is 2. The molecule has 0 radical (unpaired) electrons. The average Bonchev–Trinajstić information content (AvgIpc) is 2.79. The molecule has 2 aromatic rings. The summed E-state index contributed by atoms with van der Waals surface area (Å²) in [6, 6.07) is 5.95. The number of benzene rings is 1. The predicted octanol–water partition coefficient (Wildman–Crippen LogP) is 1.78. The first kappa shape index (κ1) is 13.4. The summed E-state index contributed by atoms with van der Waals surface area (Å²) in [5.41, 5.74) is 1.88. The molecule has 1 aromatic heterocycles. The summed E-state index contributed by atoms with van der Waals surface area (Å²) < 4.78 is 0. The zero-order valence-electron chi connectivity index (χ0n) is 10.7. The average molecular weight is 304 g/mol. The number of amides is 2. The van der Waals surface area contributed by atoms with Crippen molar-refractivity contribution in [2.45, 2.75) is 6.42 Å². The normalized spacial score (nSPS) is 12.7. The molecular formula is C14H10ClN3O3. The second-order valence-electron chi connectivity index (χ2n) is 4.61. The molecule has 2 heterocycles. The van der Waals surface area contributed by atoms with Gasteiger partial charge in [0, 0.05) is 18.0 Å². The summed E-state index contributed by atoms with van der Waals surface area (Å²) in [5, 5.41) is 5.67. The number of carbonyl (C=O) groups excluding carboxylic acids is 2. The van der Waals surface area contributed by atoms with E-state index in [4.69, 9.17) is 11.6 Å². The lowest BCUT2D eigenvalue weighted by molar-refractivity contribution is -0.115. The van der Waals surface area contributed by atoms with E-state index in [0.29, 0.717) is 22.0 Å². The van der Waals surface area contributed by atoms with Crippen molar-refractivity contribution in [3.8, 4) is 0 Å². The maximum absolute atomic E-state index is 12.1. The summed E-state index contributed by atoms with van der Waals surface area (Å²) >= 11 is 6.09. The fraction of sp³-hybridized carbons (Fsp3) is 0.0714. The van der Waals surface area contributed by atoms with Crippen LogP contribution >= 0.6 is 11.6 Å². The van der Waals surface area contributed by atoms with Gasteiger partial charge < -0.3 is 15.6 Å². The fourth-order valence-corrected chi connectivity index (χ4v) is 2.30. The summed E-state index contributed by atoms with van der Waals surface area (Å²) in [7, 11) is 0. The Bertz CT molecular complexity index is 793. The Morgan fingerprint density at radius 2 is 2.05 bits per heavy atom. The van der Waals surface area contributed by atoms with Crippen LogP contribution in [0.5, 0.6) is 0 Å². The number of H-pyrrole nitrogens is 1. The van der Waals surface area contributed by atoms with E-state index in [-0.39, 0.29) is 17.9 Å². The van der Waals surface area contributed by atoms with Crippen molar-refractivity contribution in [2.24, 2.45) is 0 Å². The monoisotopic (exact) mass is 303 g/mol. The van der Waals surface area contributed by atoms with Gasteiger partial charge in [-0.3, -0.25) is 14.4 Å². The van der Waals surface area contributed by atoms with Crippen LogP contribution in [0.1, 0.15) is 15.9 Å². The second kappa shape index (κ2) is 5.06. The Balaban J connectivity index is 1.87. The van der Waals surface area contributed by atoms with E-state index in [1.165, 1.54) is 18.3 Å². The lowest BCUT2D eigenvalue weighted by Crippen LogP contribution is -2.14. The molecule has 3 N–H and O–H groups in total. The van der Waals surface area contributed by atoms with E-state index in [1.807, 2.05) is 0 Å². The molecule has 1 aromatic carbocycles. The first-order chi connectivity index (χ1) is 10.0. The number of fused-ring (bicyclic) bond motifs is 1. The smallest absolute Gasteiger partial charge is 0.257 e. The predicted molar refractivity (Wildman–Crippen MR) is 78.8 cm³/mol. The molecule has 3 rings (SSSR count). The number of nitrogens with one attached hydrogen (secondary N) is 3. The lowest BCUT2D eigenvalue weighted by Gasteiger charge is -2.09. The highest BCUT2D eigenvalue weighted by Gasteiger charge is 2.20. The van der Waals surface area contributed by atoms with Gasteiger partial charge in [0.25, 0.3) is 5.91 Å². The number of carbonyl (C=O) groups is 2. The molecule has 2 amide bonds. The molecule has 0 saturated heterocycles. The number of aromatic amines is 1. The van der Waals surface area contributed by atoms with E-state index in [9.17, 15) is 14.4 Å². The molecule has 0 spiro atoms. The van der Waals surface area contributed by atoms with Crippen molar-refractivity contribution in [2.75, 3.05) is 10.6 Å². The highest BCUT2D eigenvalue weighted by Crippen LogP contribution is 2.32. The third-order valence-electron chi connectivity index (χ3n) is 3.11. The van der Waals surface area contributed by atoms with E-state index in [2.05, 4.69) is 15.6 Å². The van der Waals surface area contributed by atoms with Crippen molar-refractivity contribution >= 4 is 34.8 Å². The van der Waals surface area contributed by atoms with Crippen molar-refractivity contribution in [1.82, 2.24) is 4.98 Å². The Morgan fingerprint density at radius 1 is 1.24 bits per heavy atom. The van der Waals surface area contributed by atoms with Gasteiger partial charge in [0.05, 0.1) is 22.7 Å². The van der Waals surface area contributed by atoms with Gasteiger partial charge in [0.1, 0.15) is 0 Å². The zero-order chi connectivity index (χ0) is 15.0. The van der Waals surface area contributed by atoms with Crippen LogP contribution in [0.25, 0.3) is 0 Å². The number of anilines is 2. The number of hydrogen-bond donors (Lipinski definition) is 3. The van der Waals surface area contributed by atoms with Crippen LogP contribution in [0.15, 0.2) is 35.3 Å². The van der Waals surface area contributed by atoms with Crippen LogP contribution in [0.4, 0.5) is 11.4 Å². The third-order valence-corrected chi connectivity index (χ3v) is 3.43. The molecule has 0 saturated carbocycles. The highest BCUT2D eigenvalue weighted by atomic mass is 35.5. The van der Waals surface area contributed by atoms with Gasteiger partial charge in [-0.05, 0) is 23.8 Å². The van der Waals surface area contributed by atoms with Crippen LogP contribution in [0, 0.1) is 0 Å². The molecule has 7 heteroatoms. The van der Waals surface area contributed by atoms with Gasteiger partial charge in [0.2, 0.25) is 11.5 Å². The minimum Gasteiger partial charge on any atom is -0.328 e. The van der Waals surface area contributed by atoms with Crippen LogP contribution in [0.3, 0.4) is 0 Å². The Kier molecular flexibility index (Phi) is 3.23. The molecule has 1 aliphatic heterocycles. The quantitative estimate of drug-likeness (QED) is 0.789. The van der Waals surface area contributed by atoms with Crippen LogP contribution in [-0.4, -0.2) is 16.8 Å². The van der Waals surface area contributed by atoms with Crippen molar-refractivity contribution in [1.29, 1.82) is 0 Å². The van der Waals surface area contributed by atoms with E-state index in [0.717, 1.165) is 5.56 Å². The van der Waals surface area contributed by atoms with Crippen LogP contribution < -0.4 is 16.2 Å². The van der Waals surface area contributed by atoms with Crippen molar-refractivity contribution in [3.05, 3.63) is 57.0 Å². The van der Waals surface area contributed by atoms with Gasteiger partial charge in [-0.15, -0.1) is 0 Å². The van der Waals surface area contributed by atoms with Crippen LogP contribution in [0.2, 0.25) is 5.02 Å². The largest absolute Gasteiger partial charge is 0.328 e. The van der Waals surface area contributed by atoms with E-state index in [1.54, 1.807) is 12.1 Å². The minimum absolute atomic E-state index is 0.106. The third kappa shape index (κ3) is 2.66. The molecule has 0 atom stereocenters. The van der Waals surface area contributed by atoms with Crippen LogP contribution in [-0.2, 0) is 11.2 Å². The standard InChI is InChI=1S/C14H10ClN3O3/c15-9-5-10-8(4-13(20)17-10)3-11(9)18-14(21)7-1-2-12(19)16-6-7/h1-3,5-6H,4H2,(H,16,19)(H,17,20)(H,18,21). The van der Waals surface area contributed by atoms with Gasteiger partial charge >= 0.3 is 0 Å². The molecule has 0 unspecified atom stereocenters. The second-order valence-corrected chi connectivity index (χ2v) is 5.02. The molecule has 0 fully saturated rings. The molecule has 6 nitrogen and oxygen atoms in total. The maximum Gasteiger partial charge on any atom is 0.257 e. The first-order valence-corrected chi connectivity index (χ1v) is 6.53. The summed E-state index contributed by atoms with van der Waals surface area (Å²) in [6.45, 7) is 0. The number of hydrogen-bond acceptors (Lipinski definition) is 3. The SMILES string of the molecule is O=C1Cc2cc(NC(=O)c3ccc(=O)[nH]c3)c(Cl)cc2N1. The van der Waals surface area contributed by atoms with Gasteiger partial charge in [0.15, 0.2) is 0 Å². The van der Waals surface area contributed by atoms with E-state index < -0.39 is 5.91 Å². The number of halogens is 1. The maximum atomic E-state index is 12.1. The van der Waals surface area contributed by atoms with Gasteiger partial charge in [-0.1, -0.05) is 11.6 Å². The summed E-state index contributed by atoms with van der Waals surface area (Å²) in [4.78, 5) is 36.8. The molecule has 1 aliphatic rings. The zero-order valence-corrected chi connectivity index (χ0v) is 11.5. The Morgan fingerprint density at radius 3 is 2.76 bits per heavy atom. The number of pyridine rings is 1. The molecular weight excluding hydrogens is 294 g/mol. The summed E-state index contributed by atoms with van der Waals surface area (Å²) in [6.07, 6.45) is 1.58. The highest BCUT2D eigenvalue weighted by molar-refractivity contribution is 6.34. The topological polar surface area (TPSA) is 91.1 Å².